The van der Waals surface area contributed by atoms with Crippen molar-refractivity contribution in [2.75, 3.05) is 26.4 Å². The maximum absolute atomic E-state index is 9.79. The Hall–Kier alpha value is -0.550. The highest BCUT2D eigenvalue weighted by molar-refractivity contribution is 7.80. The SMILES string of the molecule is CCOC(CCNC(=S)N[C@@H]1O[C@H](CO)[C@H](O)[C@H]1O)OCC. The molecule has 0 bridgehead atoms. The Morgan fingerprint density at radius 3 is 2.36 bits per heavy atom. The molecule has 22 heavy (non-hydrogen) atoms. The van der Waals surface area contributed by atoms with Crippen LogP contribution in [-0.2, 0) is 14.2 Å². The van der Waals surface area contributed by atoms with Crippen LogP contribution in [0.15, 0.2) is 0 Å². The molecule has 8 nitrogen and oxygen atoms in total. The van der Waals surface area contributed by atoms with E-state index in [-0.39, 0.29) is 18.0 Å². The van der Waals surface area contributed by atoms with E-state index in [1.807, 2.05) is 13.8 Å². The third-order valence-corrected chi connectivity index (χ3v) is 3.45. The van der Waals surface area contributed by atoms with Crippen molar-refractivity contribution in [2.24, 2.45) is 0 Å². The quantitative estimate of drug-likeness (QED) is 0.258. The van der Waals surface area contributed by atoms with Crippen LogP contribution in [0.1, 0.15) is 20.3 Å². The van der Waals surface area contributed by atoms with E-state index in [4.69, 9.17) is 31.5 Å². The van der Waals surface area contributed by atoms with Crippen molar-refractivity contribution in [3.05, 3.63) is 0 Å². The molecule has 0 aromatic carbocycles. The van der Waals surface area contributed by atoms with E-state index in [1.165, 1.54) is 0 Å². The van der Waals surface area contributed by atoms with Gasteiger partial charge in [0.05, 0.1) is 6.61 Å². The molecule has 0 aliphatic carbocycles. The van der Waals surface area contributed by atoms with Gasteiger partial charge >= 0.3 is 0 Å². The van der Waals surface area contributed by atoms with Crippen molar-refractivity contribution in [2.45, 2.75) is 51.1 Å². The number of aliphatic hydroxyl groups excluding tert-OH is 3. The predicted molar refractivity (Wildman–Crippen MR) is 83.2 cm³/mol. The Morgan fingerprint density at radius 1 is 1.23 bits per heavy atom. The molecular formula is C13H26N2O6S. The van der Waals surface area contributed by atoms with Crippen LogP contribution < -0.4 is 10.6 Å². The van der Waals surface area contributed by atoms with Crippen LogP contribution in [0, 0.1) is 0 Å². The van der Waals surface area contributed by atoms with Gasteiger partial charge in [-0.15, -0.1) is 0 Å². The van der Waals surface area contributed by atoms with Gasteiger partial charge in [0.2, 0.25) is 0 Å². The van der Waals surface area contributed by atoms with E-state index in [0.717, 1.165) is 0 Å². The smallest absolute Gasteiger partial charge is 0.168 e. The minimum Gasteiger partial charge on any atom is -0.394 e. The maximum Gasteiger partial charge on any atom is 0.168 e. The Kier molecular flexibility index (Phi) is 9.10. The first-order chi connectivity index (χ1) is 10.5. The van der Waals surface area contributed by atoms with Crippen molar-refractivity contribution in [1.82, 2.24) is 10.6 Å². The van der Waals surface area contributed by atoms with E-state index in [2.05, 4.69) is 10.6 Å². The fraction of sp³-hybridized carbons (Fsp3) is 0.923. The van der Waals surface area contributed by atoms with Gasteiger partial charge in [-0.3, -0.25) is 0 Å². The van der Waals surface area contributed by atoms with Gasteiger partial charge in [-0.05, 0) is 26.1 Å². The number of nitrogens with one attached hydrogen (secondary N) is 2. The Morgan fingerprint density at radius 2 is 1.86 bits per heavy atom. The molecular weight excluding hydrogens is 312 g/mol. The van der Waals surface area contributed by atoms with Gasteiger partial charge in [0.25, 0.3) is 0 Å². The zero-order chi connectivity index (χ0) is 16.5. The average Bonchev–Trinajstić information content (AvgIpc) is 2.75. The largest absolute Gasteiger partial charge is 0.394 e. The molecule has 0 amide bonds. The fourth-order valence-corrected chi connectivity index (χ4v) is 2.31. The van der Waals surface area contributed by atoms with Crippen LogP contribution in [0.5, 0.6) is 0 Å². The minimum atomic E-state index is -1.16. The summed E-state index contributed by atoms with van der Waals surface area (Å²) in [5, 5.41) is 34.4. The molecule has 1 heterocycles. The summed E-state index contributed by atoms with van der Waals surface area (Å²) in [4.78, 5) is 0. The summed E-state index contributed by atoms with van der Waals surface area (Å²) in [7, 11) is 0. The van der Waals surface area contributed by atoms with Gasteiger partial charge in [-0.2, -0.15) is 0 Å². The van der Waals surface area contributed by atoms with Crippen LogP contribution in [0.3, 0.4) is 0 Å². The molecule has 0 aromatic rings. The number of ether oxygens (including phenoxy) is 3. The second-order valence-electron chi connectivity index (χ2n) is 4.79. The van der Waals surface area contributed by atoms with Crippen LogP contribution >= 0.6 is 12.2 Å². The summed E-state index contributed by atoms with van der Waals surface area (Å²) in [6.45, 7) is 5.07. The van der Waals surface area contributed by atoms with Crippen molar-refractivity contribution in [3.63, 3.8) is 0 Å². The lowest BCUT2D eigenvalue weighted by Crippen LogP contribution is -2.48. The second kappa shape index (κ2) is 10.3. The highest BCUT2D eigenvalue weighted by atomic mass is 32.1. The molecule has 1 fully saturated rings. The van der Waals surface area contributed by atoms with E-state index < -0.39 is 24.5 Å². The predicted octanol–water partition coefficient (Wildman–Crippen LogP) is -1.32. The van der Waals surface area contributed by atoms with Gasteiger partial charge in [-0.25, -0.2) is 0 Å². The third kappa shape index (κ3) is 5.92. The van der Waals surface area contributed by atoms with E-state index in [1.54, 1.807) is 0 Å². The highest BCUT2D eigenvalue weighted by Crippen LogP contribution is 2.19. The second-order valence-corrected chi connectivity index (χ2v) is 5.20. The van der Waals surface area contributed by atoms with Crippen LogP contribution in [-0.4, -0.2) is 77.6 Å². The molecule has 1 aliphatic rings. The monoisotopic (exact) mass is 338 g/mol. The highest BCUT2D eigenvalue weighted by Gasteiger charge is 2.42. The number of thiocarbonyl (C=S) groups is 1. The summed E-state index contributed by atoms with van der Waals surface area (Å²) < 4.78 is 16.1. The first-order valence-electron chi connectivity index (χ1n) is 7.43. The van der Waals surface area contributed by atoms with Gasteiger partial charge in [0.1, 0.15) is 18.3 Å². The van der Waals surface area contributed by atoms with Crippen molar-refractivity contribution >= 4 is 17.3 Å². The lowest BCUT2D eigenvalue weighted by atomic mass is 10.1. The summed E-state index contributed by atoms with van der Waals surface area (Å²) in [5.74, 6) is 0. The molecule has 9 heteroatoms. The molecule has 5 N–H and O–H groups in total. The zero-order valence-corrected chi connectivity index (χ0v) is 13.7. The molecule has 0 saturated carbocycles. The normalized spacial score (nSPS) is 28.1. The number of aliphatic hydroxyl groups is 3. The minimum absolute atomic E-state index is 0.279. The zero-order valence-electron chi connectivity index (χ0n) is 12.9. The van der Waals surface area contributed by atoms with E-state index in [0.29, 0.717) is 26.2 Å². The topological polar surface area (TPSA) is 112 Å². The summed E-state index contributed by atoms with van der Waals surface area (Å²) in [5.41, 5.74) is 0. The van der Waals surface area contributed by atoms with Gasteiger partial charge in [0.15, 0.2) is 17.6 Å². The molecule has 0 aromatic heterocycles. The maximum atomic E-state index is 9.79. The fourth-order valence-electron chi connectivity index (χ4n) is 2.09. The Bertz CT molecular complexity index is 330. The van der Waals surface area contributed by atoms with Crippen LogP contribution in [0.2, 0.25) is 0 Å². The molecule has 130 valence electrons. The summed E-state index contributed by atoms with van der Waals surface area (Å²) in [6, 6.07) is 0. The van der Waals surface area contributed by atoms with Crippen molar-refractivity contribution in [3.8, 4) is 0 Å². The summed E-state index contributed by atoms with van der Waals surface area (Å²) in [6.07, 6.45) is -3.67. The lowest BCUT2D eigenvalue weighted by molar-refractivity contribution is -0.138. The first-order valence-corrected chi connectivity index (χ1v) is 7.84. The van der Waals surface area contributed by atoms with Crippen LogP contribution in [0.4, 0.5) is 0 Å². The Balaban J connectivity index is 2.28. The number of hydrogen-bond acceptors (Lipinski definition) is 7. The van der Waals surface area contributed by atoms with E-state index >= 15 is 0 Å². The van der Waals surface area contributed by atoms with Gasteiger partial charge in [0, 0.05) is 26.2 Å². The molecule has 1 aliphatic heterocycles. The van der Waals surface area contributed by atoms with Gasteiger partial charge in [-0.1, -0.05) is 0 Å². The van der Waals surface area contributed by atoms with Gasteiger partial charge < -0.3 is 40.2 Å². The number of hydrogen-bond donors (Lipinski definition) is 5. The Labute approximate surface area is 135 Å². The molecule has 0 unspecified atom stereocenters. The lowest BCUT2D eigenvalue weighted by Gasteiger charge is -2.20. The van der Waals surface area contributed by atoms with Crippen molar-refractivity contribution in [1.29, 1.82) is 0 Å². The molecule has 1 saturated heterocycles. The van der Waals surface area contributed by atoms with E-state index in [9.17, 15) is 10.2 Å². The molecule has 1 rings (SSSR count). The van der Waals surface area contributed by atoms with Crippen molar-refractivity contribution < 1.29 is 29.5 Å². The average molecular weight is 338 g/mol. The molecule has 0 spiro atoms. The third-order valence-electron chi connectivity index (χ3n) is 3.19. The van der Waals surface area contributed by atoms with Crippen LogP contribution in [0.25, 0.3) is 0 Å². The first kappa shape index (κ1) is 19.5. The molecule has 0 radical (unpaired) electrons. The molecule has 4 atom stereocenters. The summed E-state index contributed by atoms with van der Waals surface area (Å²) >= 11 is 5.10. The standard InChI is InChI=1S/C13H26N2O6S/c1-3-19-9(20-4-2)5-6-14-13(22)15-12-11(18)10(17)8(7-16)21-12/h8-12,16-18H,3-7H2,1-2H3,(H2,14,15,22)/t8-,10+,11-,12-/m1/s1. The number of rotatable bonds is 9.